The van der Waals surface area contributed by atoms with Crippen LogP contribution in [0.25, 0.3) is 0 Å². The van der Waals surface area contributed by atoms with Crippen LogP contribution >= 0.6 is 15.9 Å². The summed E-state index contributed by atoms with van der Waals surface area (Å²) in [6, 6.07) is 5.84. The Balaban J connectivity index is 2.28. The Morgan fingerprint density at radius 1 is 1.18 bits per heavy atom. The Morgan fingerprint density at radius 2 is 1.91 bits per heavy atom. The van der Waals surface area contributed by atoms with Gasteiger partial charge in [-0.05, 0) is 6.42 Å². The SMILES string of the molecule is BrCCCO[n+]1ccccc1. The molecule has 0 spiro atoms. The highest BCUT2D eigenvalue weighted by Crippen LogP contribution is 1.84. The average molecular weight is 217 g/mol. The molecule has 0 atom stereocenters. The molecule has 60 valence electrons. The lowest BCUT2D eigenvalue weighted by atomic mass is 10.5. The minimum absolute atomic E-state index is 0.750. The maximum Gasteiger partial charge on any atom is 0.222 e. The molecule has 2 nitrogen and oxygen atoms in total. The summed E-state index contributed by atoms with van der Waals surface area (Å²) in [4.78, 5) is 5.33. The second-order valence-electron chi connectivity index (χ2n) is 2.11. The summed E-state index contributed by atoms with van der Waals surface area (Å²) in [5.41, 5.74) is 0. The number of pyridine rings is 1. The van der Waals surface area contributed by atoms with Gasteiger partial charge < -0.3 is 0 Å². The van der Waals surface area contributed by atoms with Crippen molar-refractivity contribution in [2.45, 2.75) is 6.42 Å². The molecule has 0 fully saturated rings. The second-order valence-corrected chi connectivity index (χ2v) is 2.90. The molecule has 0 bridgehead atoms. The van der Waals surface area contributed by atoms with Crippen molar-refractivity contribution in [2.75, 3.05) is 11.9 Å². The zero-order valence-electron chi connectivity index (χ0n) is 6.24. The van der Waals surface area contributed by atoms with E-state index >= 15 is 0 Å². The molecule has 0 amide bonds. The number of aromatic nitrogens is 1. The van der Waals surface area contributed by atoms with Crippen molar-refractivity contribution in [1.29, 1.82) is 0 Å². The van der Waals surface area contributed by atoms with Crippen molar-refractivity contribution in [3.63, 3.8) is 0 Å². The zero-order valence-corrected chi connectivity index (χ0v) is 7.83. The van der Waals surface area contributed by atoms with E-state index in [1.165, 1.54) is 0 Å². The van der Waals surface area contributed by atoms with Crippen molar-refractivity contribution >= 4 is 15.9 Å². The quantitative estimate of drug-likeness (QED) is 0.419. The maximum absolute atomic E-state index is 5.33. The van der Waals surface area contributed by atoms with Crippen LogP contribution in [0.5, 0.6) is 0 Å². The summed E-state index contributed by atoms with van der Waals surface area (Å²) in [6.07, 6.45) is 4.80. The third-order valence-electron chi connectivity index (χ3n) is 1.21. The van der Waals surface area contributed by atoms with E-state index in [0.29, 0.717) is 0 Å². The normalized spacial score (nSPS) is 9.55. The van der Waals surface area contributed by atoms with Gasteiger partial charge >= 0.3 is 0 Å². The average Bonchev–Trinajstić information content (AvgIpc) is 2.07. The molecule has 0 aliphatic carbocycles. The van der Waals surface area contributed by atoms with Crippen molar-refractivity contribution in [3.05, 3.63) is 30.6 Å². The van der Waals surface area contributed by atoms with Gasteiger partial charge in [0.1, 0.15) is 0 Å². The van der Waals surface area contributed by atoms with E-state index in [4.69, 9.17) is 4.84 Å². The third kappa shape index (κ3) is 3.37. The molecule has 0 unspecified atom stereocenters. The van der Waals surface area contributed by atoms with Crippen molar-refractivity contribution < 1.29 is 9.57 Å². The van der Waals surface area contributed by atoms with Gasteiger partial charge in [-0.25, -0.2) is 0 Å². The van der Waals surface area contributed by atoms with Gasteiger partial charge in [0.2, 0.25) is 12.4 Å². The van der Waals surface area contributed by atoms with Gasteiger partial charge in [0.15, 0.2) is 6.61 Å². The third-order valence-corrected chi connectivity index (χ3v) is 1.77. The highest BCUT2D eigenvalue weighted by atomic mass is 79.9. The Bertz CT molecular complexity index is 191. The number of alkyl halides is 1. The summed E-state index contributed by atoms with van der Waals surface area (Å²) >= 11 is 3.33. The molecular weight excluding hydrogens is 206 g/mol. The first-order valence-electron chi connectivity index (χ1n) is 3.59. The second kappa shape index (κ2) is 5.13. The van der Waals surface area contributed by atoms with Gasteiger partial charge in [0.25, 0.3) is 0 Å². The molecule has 0 N–H and O–H groups in total. The molecule has 0 radical (unpaired) electrons. The summed E-state index contributed by atoms with van der Waals surface area (Å²) in [7, 11) is 0. The van der Waals surface area contributed by atoms with Crippen LogP contribution in [0.4, 0.5) is 0 Å². The van der Waals surface area contributed by atoms with Crippen LogP contribution in [-0.4, -0.2) is 11.9 Å². The first-order valence-corrected chi connectivity index (χ1v) is 4.71. The molecule has 0 saturated heterocycles. The summed E-state index contributed by atoms with van der Waals surface area (Å²) in [5, 5.41) is 0.987. The van der Waals surface area contributed by atoms with Crippen LogP contribution in [0.15, 0.2) is 30.6 Å². The Hall–Kier alpha value is -0.570. The minimum Gasteiger partial charge on any atom is -0.271 e. The van der Waals surface area contributed by atoms with Gasteiger partial charge in [-0.15, -0.1) is 0 Å². The number of halogens is 1. The highest BCUT2D eigenvalue weighted by Gasteiger charge is 1.95. The predicted octanol–water partition coefficient (Wildman–Crippen LogP) is 1.19. The van der Waals surface area contributed by atoms with Crippen LogP contribution in [0, 0.1) is 0 Å². The van der Waals surface area contributed by atoms with Crippen LogP contribution in [0.1, 0.15) is 6.42 Å². The van der Waals surface area contributed by atoms with Gasteiger partial charge in [-0.3, -0.25) is 4.84 Å². The molecule has 1 aromatic rings. The molecule has 1 rings (SSSR count). The summed E-state index contributed by atoms with van der Waals surface area (Å²) in [6.45, 7) is 0.750. The summed E-state index contributed by atoms with van der Waals surface area (Å²) in [5.74, 6) is 0. The molecule has 0 aliphatic heterocycles. The van der Waals surface area contributed by atoms with E-state index in [1.54, 1.807) is 4.73 Å². The van der Waals surface area contributed by atoms with E-state index in [9.17, 15) is 0 Å². The number of rotatable bonds is 4. The molecule has 0 saturated carbocycles. The first-order chi connectivity index (χ1) is 5.43. The lowest BCUT2D eigenvalue weighted by Gasteiger charge is -1.94. The van der Waals surface area contributed by atoms with E-state index in [1.807, 2.05) is 30.6 Å². The fourth-order valence-electron chi connectivity index (χ4n) is 0.693. The van der Waals surface area contributed by atoms with Crippen LogP contribution in [0.2, 0.25) is 0 Å². The van der Waals surface area contributed by atoms with E-state index in [2.05, 4.69) is 15.9 Å². The highest BCUT2D eigenvalue weighted by molar-refractivity contribution is 9.09. The number of hydrogen-bond acceptors (Lipinski definition) is 1. The van der Waals surface area contributed by atoms with Crippen LogP contribution in [-0.2, 0) is 0 Å². The van der Waals surface area contributed by atoms with E-state index in [0.717, 1.165) is 18.4 Å². The van der Waals surface area contributed by atoms with Crippen LogP contribution < -0.4 is 9.57 Å². The van der Waals surface area contributed by atoms with Gasteiger partial charge in [0, 0.05) is 22.2 Å². The van der Waals surface area contributed by atoms with Crippen molar-refractivity contribution in [1.82, 2.24) is 0 Å². The minimum atomic E-state index is 0.750. The van der Waals surface area contributed by atoms with Crippen molar-refractivity contribution in [3.8, 4) is 0 Å². The van der Waals surface area contributed by atoms with E-state index < -0.39 is 0 Å². The topological polar surface area (TPSA) is 13.1 Å². The Morgan fingerprint density at radius 3 is 2.55 bits per heavy atom. The molecular formula is C8H11BrNO+. The molecule has 1 aromatic heterocycles. The van der Waals surface area contributed by atoms with Gasteiger partial charge in [-0.1, -0.05) is 22.0 Å². The first kappa shape index (κ1) is 8.53. The van der Waals surface area contributed by atoms with Gasteiger partial charge in [0.05, 0.1) is 0 Å². The smallest absolute Gasteiger partial charge is 0.222 e. The molecule has 1 heterocycles. The van der Waals surface area contributed by atoms with Crippen LogP contribution in [0.3, 0.4) is 0 Å². The van der Waals surface area contributed by atoms with Crippen molar-refractivity contribution in [2.24, 2.45) is 0 Å². The fraction of sp³-hybridized carbons (Fsp3) is 0.375. The standard InChI is InChI=1S/C8H11BrNO/c9-5-4-8-11-10-6-2-1-3-7-10/h1-3,6-7H,4-5,8H2/q+1. The maximum atomic E-state index is 5.33. The summed E-state index contributed by atoms with van der Waals surface area (Å²) < 4.78 is 1.71. The van der Waals surface area contributed by atoms with E-state index in [-0.39, 0.29) is 0 Å². The lowest BCUT2D eigenvalue weighted by molar-refractivity contribution is -0.891. The number of nitrogens with zero attached hydrogens (tertiary/aromatic N) is 1. The van der Waals surface area contributed by atoms with Gasteiger partial charge in [-0.2, -0.15) is 0 Å². The predicted molar refractivity (Wildman–Crippen MR) is 46.5 cm³/mol. The number of hydrogen-bond donors (Lipinski definition) is 0. The Kier molecular flexibility index (Phi) is 3.98. The Labute approximate surface area is 74.9 Å². The lowest BCUT2D eigenvalue weighted by Crippen LogP contribution is -2.42. The zero-order chi connectivity index (χ0) is 7.94. The fourth-order valence-corrected chi connectivity index (χ4v) is 0.922. The molecule has 0 aliphatic rings. The largest absolute Gasteiger partial charge is 0.271 e. The molecule has 3 heteroatoms. The molecule has 0 aromatic carbocycles. The monoisotopic (exact) mass is 216 g/mol. The molecule has 11 heavy (non-hydrogen) atoms.